The van der Waals surface area contributed by atoms with Crippen LogP contribution in [0, 0.1) is 11.3 Å². The molecule has 1 saturated heterocycles. The number of fused-ring (bicyclic) bond motifs is 1. The molecule has 7 nitrogen and oxygen atoms in total. The van der Waals surface area contributed by atoms with Crippen LogP contribution in [0.15, 0.2) is 52.2 Å². The maximum Gasteiger partial charge on any atom is 0.326 e. The summed E-state index contributed by atoms with van der Waals surface area (Å²) in [6, 6.07) is 13.5. The first-order valence-electron chi connectivity index (χ1n) is 8.81. The molecule has 144 valence electrons. The van der Waals surface area contributed by atoms with Crippen LogP contribution in [-0.2, 0) is 10.0 Å². The van der Waals surface area contributed by atoms with Crippen molar-refractivity contribution in [3.63, 3.8) is 0 Å². The van der Waals surface area contributed by atoms with Gasteiger partial charge in [-0.25, -0.2) is 13.2 Å². The number of aromatic amines is 1. The van der Waals surface area contributed by atoms with Crippen molar-refractivity contribution >= 4 is 32.7 Å². The third kappa shape index (κ3) is 3.11. The van der Waals surface area contributed by atoms with Gasteiger partial charge < -0.3 is 4.98 Å². The average molecular weight is 417 g/mol. The first-order chi connectivity index (χ1) is 13.4. The number of halogens is 1. The van der Waals surface area contributed by atoms with Crippen LogP contribution in [0.5, 0.6) is 0 Å². The molecule has 3 aromatic rings. The van der Waals surface area contributed by atoms with Gasteiger partial charge in [0.05, 0.1) is 16.6 Å². The molecule has 1 aliphatic heterocycles. The number of hydrogen-bond donors (Lipinski definition) is 1. The predicted octanol–water partition coefficient (Wildman–Crippen LogP) is 2.88. The summed E-state index contributed by atoms with van der Waals surface area (Å²) in [4.78, 5) is 15.1. The largest absolute Gasteiger partial charge is 0.326 e. The quantitative estimate of drug-likeness (QED) is 0.709. The number of hydrogen-bond acceptors (Lipinski definition) is 4. The van der Waals surface area contributed by atoms with Crippen molar-refractivity contribution in [1.82, 2.24) is 13.9 Å². The van der Waals surface area contributed by atoms with E-state index >= 15 is 0 Å². The number of nitrogens with zero attached hydrogens (tertiary/aromatic N) is 3. The summed E-state index contributed by atoms with van der Waals surface area (Å²) in [6.07, 6.45) is 1.01. The Hall–Kier alpha value is -2.60. The first-order valence-corrected chi connectivity index (χ1v) is 10.6. The number of benzene rings is 2. The van der Waals surface area contributed by atoms with E-state index in [0.717, 1.165) is 11.0 Å². The fourth-order valence-corrected chi connectivity index (χ4v) is 5.59. The van der Waals surface area contributed by atoms with Crippen LogP contribution in [0.2, 0.25) is 5.02 Å². The van der Waals surface area contributed by atoms with Gasteiger partial charge in [-0.1, -0.05) is 23.7 Å². The summed E-state index contributed by atoms with van der Waals surface area (Å²) >= 11 is 5.95. The van der Waals surface area contributed by atoms with Gasteiger partial charge in [-0.15, -0.1) is 0 Å². The Morgan fingerprint density at radius 1 is 1.14 bits per heavy atom. The highest BCUT2D eigenvalue weighted by Crippen LogP contribution is 2.30. The number of aromatic nitrogens is 2. The standard InChI is InChI=1S/C19H17ClN4O3S/c20-14-6-5-13(12-21)18(11-14)28(26,27)23-9-7-15(8-10-23)24-17-4-2-1-3-16(17)22-19(24)25/h1-6,11,15H,7-10H2,(H,22,25). The summed E-state index contributed by atoms with van der Waals surface area (Å²) in [5.74, 6) is 0. The van der Waals surface area contributed by atoms with Crippen molar-refractivity contribution in [2.45, 2.75) is 23.8 Å². The molecule has 1 N–H and O–H groups in total. The van der Waals surface area contributed by atoms with E-state index in [9.17, 15) is 18.5 Å². The molecule has 0 saturated carbocycles. The number of nitrogens with one attached hydrogen (secondary N) is 1. The molecule has 9 heteroatoms. The van der Waals surface area contributed by atoms with Gasteiger partial charge in [0, 0.05) is 24.2 Å². The van der Waals surface area contributed by atoms with Crippen molar-refractivity contribution in [1.29, 1.82) is 5.26 Å². The Morgan fingerprint density at radius 2 is 1.86 bits per heavy atom. The van der Waals surface area contributed by atoms with E-state index in [-0.39, 0.29) is 40.3 Å². The highest BCUT2D eigenvalue weighted by atomic mass is 35.5. The number of rotatable bonds is 3. The van der Waals surface area contributed by atoms with E-state index in [0.29, 0.717) is 12.8 Å². The summed E-state index contributed by atoms with van der Waals surface area (Å²) in [7, 11) is -3.84. The number of imidazole rings is 1. The van der Waals surface area contributed by atoms with Gasteiger partial charge in [-0.3, -0.25) is 4.57 Å². The van der Waals surface area contributed by atoms with Crippen LogP contribution >= 0.6 is 11.6 Å². The molecule has 28 heavy (non-hydrogen) atoms. The lowest BCUT2D eigenvalue weighted by atomic mass is 10.1. The number of nitriles is 1. The van der Waals surface area contributed by atoms with Crippen molar-refractivity contribution in [3.05, 3.63) is 63.5 Å². The summed E-state index contributed by atoms with van der Waals surface area (Å²) in [5.41, 5.74) is 1.46. The van der Waals surface area contributed by atoms with Gasteiger partial charge in [-0.2, -0.15) is 9.57 Å². The highest BCUT2D eigenvalue weighted by Gasteiger charge is 2.32. The van der Waals surface area contributed by atoms with E-state index in [1.165, 1.54) is 22.5 Å². The van der Waals surface area contributed by atoms with E-state index in [2.05, 4.69) is 4.98 Å². The van der Waals surface area contributed by atoms with Gasteiger partial charge in [0.2, 0.25) is 10.0 Å². The smallest absolute Gasteiger partial charge is 0.306 e. The molecule has 0 spiro atoms. The fraction of sp³-hybridized carbons (Fsp3) is 0.263. The Balaban J connectivity index is 1.61. The zero-order valence-electron chi connectivity index (χ0n) is 14.8. The van der Waals surface area contributed by atoms with Gasteiger partial charge in [0.1, 0.15) is 11.0 Å². The van der Waals surface area contributed by atoms with Crippen LogP contribution in [0.25, 0.3) is 11.0 Å². The Morgan fingerprint density at radius 3 is 2.57 bits per heavy atom. The molecule has 0 aliphatic carbocycles. The Bertz CT molecular complexity index is 1250. The van der Waals surface area contributed by atoms with Crippen LogP contribution in [0.4, 0.5) is 0 Å². The van der Waals surface area contributed by atoms with Crippen molar-refractivity contribution < 1.29 is 8.42 Å². The number of H-pyrrole nitrogens is 1. The third-order valence-corrected chi connectivity index (χ3v) is 7.27. The molecule has 1 aliphatic rings. The van der Waals surface area contributed by atoms with Crippen molar-refractivity contribution in [2.75, 3.05) is 13.1 Å². The van der Waals surface area contributed by atoms with Crippen LogP contribution in [-0.4, -0.2) is 35.4 Å². The minimum atomic E-state index is -3.84. The molecular weight excluding hydrogens is 400 g/mol. The fourth-order valence-electron chi connectivity index (χ4n) is 3.72. The van der Waals surface area contributed by atoms with Crippen LogP contribution in [0.3, 0.4) is 0 Å². The maximum absolute atomic E-state index is 13.0. The minimum absolute atomic E-state index is 0.0689. The molecule has 2 heterocycles. The number of piperidine rings is 1. The monoisotopic (exact) mass is 416 g/mol. The van der Waals surface area contributed by atoms with E-state index < -0.39 is 10.0 Å². The molecule has 4 rings (SSSR count). The molecule has 1 fully saturated rings. The van der Waals surface area contributed by atoms with Gasteiger partial charge in [-0.05, 0) is 43.2 Å². The second-order valence-corrected chi connectivity index (χ2v) is 9.05. The molecule has 0 amide bonds. The summed E-state index contributed by atoms with van der Waals surface area (Å²) < 4.78 is 29.1. The Kier molecular flexibility index (Phi) is 4.75. The number of para-hydroxylation sites is 2. The van der Waals surface area contributed by atoms with Crippen LogP contribution in [0.1, 0.15) is 24.4 Å². The second-order valence-electron chi connectivity index (χ2n) is 6.70. The van der Waals surface area contributed by atoms with Crippen molar-refractivity contribution in [3.8, 4) is 6.07 Å². The first kappa shape index (κ1) is 18.7. The lowest BCUT2D eigenvalue weighted by Gasteiger charge is -2.32. The Labute approximate surface area is 166 Å². The average Bonchev–Trinajstić information content (AvgIpc) is 3.03. The van der Waals surface area contributed by atoms with E-state index in [1.54, 1.807) is 4.57 Å². The predicted molar refractivity (Wildman–Crippen MR) is 106 cm³/mol. The zero-order valence-corrected chi connectivity index (χ0v) is 16.4. The second kappa shape index (κ2) is 7.09. The number of sulfonamides is 1. The zero-order chi connectivity index (χ0) is 19.9. The topological polar surface area (TPSA) is 99.0 Å². The SMILES string of the molecule is N#Cc1ccc(Cl)cc1S(=O)(=O)N1CCC(n2c(=O)[nH]c3ccccc32)CC1. The van der Waals surface area contributed by atoms with E-state index in [4.69, 9.17) is 11.6 Å². The minimum Gasteiger partial charge on any atom is -0.306 e. The summed E-state index contributed by atoms with van der Waals surface area (Å²) in [5, 5.41) is 9.51. The van der Waals surface area contributed by atoms with E-state index in [1.807, 2.05) is 30.3 Å². The third-order valence-electron chi connectivity index (χ3n) is 5.09. The molecule has 2 aromatic carbocycles. The van der Waals surface area contributed by atoms with Gasteiger partial charge in [0.15, 0.2) is 0 Å². The maximum atomic E-state index is 13.0. The normalized spacial score (nSPS) is 16.3. The molecule has 0 radical (unpaired) electrons. The lowest BCUT2D eigenvalue weighted by Crippen LogP contribution is -2.40. The highest BCUT2D eigenvalue weighted by molar-refractivity contribution is 7.89. The van der Waals surface area contributed by atoms with Crippen molar-refractivity contribution in [2.24, 2.45) is 0 Å². The molecule has 0 bridgehead atoms. The van der Waals surface area contributed by atoms with Crippen LogP contribution < -0.4 is 5.69 Å². The molecule has 1 aromatic heterocycles. The molecular formula is C19H17ClN4O3S. The van der Waals surface area contributed by atoms with Gasteiger partial charge >= 0.3 is 5.69 Å². The van der Waals surface area contributed by atoms with Gasteiger partial charge in [0.25, 0.3) is 0 Å². The molecule has 0 unspecified atom stereocenters. The summed E-state index contributed by atoms with van der Waals surface area (Å²) in [6.45, 7) is 0.520. The lowest BCUT2D eigenvalue weighted by molar-refractivity contribution is 0.274. The molecule has 0 atom stereocenters.